The summed E-state index contributed by atoms with van der Waals surface area (Å²) in [5.74, 6) is 0. The molecule has 9 heteroatoms. The third-order valence-corrected chi connectivity index (χ3v) is 5.61. The lowest BCUT2D eigenvalue weighted by molar-refractivity contribution is -0.870. The molecule has 0 bridgehead atoms. The number of amides is 1. The highest BCUT2D eigenvalue weighted by atomic mass is 31.2. The Morgan fingerprint density at radius 1 is 0.833 bits per heavy atom. The molecule has 2 N–H and O–H groups in total. The number of nitrogens with zero attached hydrogens (tertiary/aromatic N) is 1. The zero-order valence-electron chi connectivity index (χ0n) is 19.7. The molecule has 0 fully saturated rings. The van der Waals surface area contributed by atoms with Gasteiger partial charge in [0.15, 0.2) is 0 Å². The van der Waals surface area contributed by atoms with Crippen LogP contribution in [0.15, 0.2) is 0 Å². The number of hydrogen-bond acceptors (Lipinski definition) is 5. The number of rotatable bonds is 20. The summed E-state index contributed by atoms with van der Waals surface area (Å²) in [7, 11) is 1.84. The molecule has 0 aliphatic rings. The van der Waals surface area contributed by atoms with Gasteiger partial charge in [0.2, 0.25) is 0 Å². The van der Waals surface area contributed by atoms with Gasteiger partial charge in [-0.15, -0.1) is 0 Å². The van der Waals surface area contributed by atoms with Crippen molar-refractivity contribution in [2.45, 2.75) is 77.6 Å². The Balaban J connectivity index is 3.46. The van der Waals surface area contributed by atoms with E-state index in [9.17, 15) is 14.3 Å². The van der Waals surface area contributed by atoms with E-state index in [1.165, 1.54) is 51.4 Å². The zero-order chi connectivity index (χ0) is 22.7. The van der Waals surface area contributed by atoms with Crippen LogP contribution in [0, 0.1) is 0 Å². The second-order valence-electron chi connectivity index (χ2n) is 8.75. The number of hydrogen-bond donors (Lipinski definition) is 2. The summed E-state index contributed by atoms with van der Waals surface area (Å²) in [5.41, 5.74) is 0. The van der Waals surface area contributed by atoms with Crippen molar-refractivity contribution in [3.8, 4) is 0 Å². The molecule has 30 heavy (non-hydrogen) atoms. The summed E-state index contributed by atoms with van der Waals surface area (Å²) in [6.07, 6.45) is 12.4. The molecule has 0 saturated carbocycles. The number of carbonyl (C=O) groups is 1. The van der Waals surface area contributed by atoms with Crippen LogP contribution in [0.4, 0.5) is 4.79 Å². The van der Waals surface area contributed by atoms with E-state index in [1.807, 2.05) is 21.1 Å². The highest BCUT2D eigenvalue weighted by Crippen LogP contribution is 2.43. The minimum Gasteiger partial charge on any atom is -0.449 e. The van der Waals surface area contributed by atoms with Crippen LogP contribution in [0.1, 0.15) is 77.6 Å². The van der Waals surface area contributed by atoms with Gasteiger partial charge in [0, 0.05) is 13.0 Å². The highest BCUT2D eigenvalue weighted by Gasteiger charge is 2.22. The maximum atomic E-state index is 11.7. The third-order valence-electron chi connectivity index (χ3n) is 4.59. The lowest BCUT2D eigenvalue weighted by atomic mass is 10.1. The quantitative estimate of drug-likeness (QED) is 0.155. The van der Waals surface area contributed by atoms with Gasteiger partial charge in [-0.25, -0.2) is 9.36 Å². The van der Waals surface area contributed by atoms with Crippen LogP contribution in [-0.4, -0.2) is 69.5 Å². The maximum Gasteiger partial charge on any atom is 0.472 e. The molecule has 0 aromatic heterocycles. The minimum atomic E-state index is -4.05. The predicted molar refractivity (Wildman–Crippen MR) is 120 cm³/mol. The van der Waals surface area contributed by atoms with Crippen molar-refractivity contribution in [2.24, 2.45) is 0 Å². The predicted octanol–water partition coefficient (Wildman–Crippen LogP) is 4.86. The van der Waals surface area contributed by atoms with Gasteiger partial charge in [-0.1, -0.05) is 64.7 Å². The summed E-state index contributed by atoms with van der Waals surface area (Å²) in [6, 6.07) is 0. The molecule has 8 nitrogen and oxygen atoms in total. The molecule has 0 aromatic carbocycles. The van der Waals surface area contributed by atoms with Crippen molar-refractivity contribution < 1.29 is 32.5 Å². The smallest absolute Gasteiger partial charge is 0.449 e. The Hall–Kier alpha value is -0.660. The number of nitrogens with one attached hydrogen (secondary N) is 1. The molecule has 0 saturated heterocycles. The first kappa shape index (κ1) is 29.3. The van der Waals surface area contributed by atoms with Crippen LogP contribution in [0.5, 0.6) is 0 Å². The molecule has 1 atom stereocenters. The number of phosphoric ester groups is 1. The second kappa shape index (κ2) is 18.0. The fourth-order valence-electron chi connectivity index (χ4n) is 2.72. The molecule has 0 spiro atoms. The second-order valence-corrected chi connectivity index (χ2v) is 10.2. The Morgan fingerprint density at radius 2 is 1.37 bits per heavy atom. The topological polar surface area (TPSA) is 94.1 Å². The van der Waals surface area contributed by atoms with Crippen LogP contribution in [0.25, 0.3) is 0 Å². The number of likely N-dealkylation sites (N-methyl/N-ethyl adjacent to an activating group) is 1. The van der Waals surface area contributed by atoms with Gasteiger partial charge in [0.05, 0.1) is 34.4 Å². The number of alkyl carbamates (subject to hydrolysis) is 1. The lowest BCUT2D eigenvalue weighted by Crippen LogP contribution is -2.37. The van der Waals surface area contributed by atoms with E-state index in [2.05, 4.69) is 12.2 Å². The van der Waals surface area contributed by atoms with Crippen molar-refractivity contribution in [1.82, 2.24) is 5.32 Å². The molecule has 0 rings (SSSR count). The largest absolute Gasteiger partial charge is 0.472 e. The number of unbranched alkanes of at least 4 members (excludes halogenated alkanes) is 9. The summed E-state index contributed by atoms with van der Waals surface area (Å²) in [5, 5.41) is 2.72. The molecular formula is C21H46N2O6P+. The number of phosphoric acid groups is 1. The van der Waals surface area contributed by atoms with Crippen molar-refractivity contribution >= 4 is 13.9 Å². The van der Waals surface area contributed by atoms with Gasteiger partial charge in [0.1, 0.15) is 13.2 Å². The van der Waals surface area contributed by atoms with E-state index in [-0.39, 0.29) is 19.8 Å². The fraction of sp³-hybridized carbons (Fsp3) is 0.952. The molecule has 1 unspecified atom stereocenters. The van der Waals surface area contributed by atoms with E-state index in [0.717, 1.165) is 12.8 Å². The molecule has 0 aromatic rings. The zero-order valence-corrected chi connectivity index (χ0v) is 20.6. The normalized spacial score (nSPS) is 13.8. The first-order valence-electron chi connectivity index (χ1n) is 11.5. The van der Waals surface area contributed by atoms with Crippen molar-refractivity contribution in [3.63, 3.8) is 0 Å². The fourth-order valence-corrected chi connectivity index (χ4v) is 3.47. The molecule has 1 amide bonds. The monoisotopic (exact) mass is 453 g/mol. The van der Waals surface area contributed by atoms with E-state index >= 15 is 0 Å². The van der Waals surface area contributed by atoms with Gasteiger partial charge in [-0.05, 0) is 6.42 Å². The lowest BCUT2D eigenvalue weighted by Gasteiger charge is -2.24. The Kier molecular flexibility index (Phi) is 17.6. The van der Waals surface area contributed by atoms with Gasteiger partial charge in [0.25, 0.3) is 0 Å². The third kappa shape index (κ3) is 22.0. The van der Waals surface area contributed by atoms with E-state index in [4.69, 9.17) is 13.8 Å². The van der Waals surface area contributed by atoms with Crippen LogP contribution < -0.4 is 5.32 Å². The van der Waals surface area contributed by atoms with E-state index in [1.54, 1.807) is 0 Å². The van der Waals surface area contributed by atoms with Crippen LogP contribution in [-0.2, 0) is 18.3 Å². The Labute approximate surface area is 183 Å². The Morgan fingerprint density at radius 3 is 1.93 bits per heavy atom. The van der Waals surface area contributed by atoms with Crippen LogP contribution in [0.3, 0.4) is 0 Å². The molecule has 0 aliphatic carbocycles. The molecule has 0 aliphatic heterocycles. The van der Waals surface area contributed by atoms with Crippen LogP contribution in [0.2, 0.25) is 0 Å². The number of carbonyl (C=O) groups excluding carboxylic acids is 1. The summed E-state index contributed by atoms with van der Waals surface area (Å²) >= 11 is 0. The van der Waals surface area contributed by atoms with Crippen molar-refractivity contribution in [3.05, 3.63) is 0 Å². The summed E-state index contributed by atoms with van der Waals surface area (Å²) in [4.78, 5) is 21.2. The van der Waals surface area contributed by atoms with Crippen molar-refractivity contribution in [1.29, 1.82) is 0 Å². The van der Waals surface area contributed by atoms with Gasteiger partial charge in [-0.3, -0.25) is 9.05 Å². The average Bonchev–Trinajstić information content (AvgIpc) is 2.64. The first-order chi connectivity index (χ1) is 14.2. The molecular weight excluding hydrogens is 407 g/mol. The first-order valence-corrected chi connectivity index (χ1v) is 13.0. The van der Waals surface area contributed by atoms with Gasteiger partial charge in [-0.2, -0.15) is 0 Å². The number of quaternary nitrogens is 1. The SMILES string of the molecule is CCCCCCCCCCCCNC(=O)OCCCOP(=O)(O)OCC[N+](C)(C)C. The van der Waals surface area contributed by atoms with Crippen molar-refractivity contribution in [2.75, 3.05) is 54.1 Å². The van der Waals surface area contributed by atoms with Crippen LogP contribution >= 0.6 is 7.82 Å². The Bertz CT molecular complexity index is 471. The van der Waals surface area contributed by atoms with E-state index in [0.29, 0.717) is 24.0 Å². The molecule has 180 valence electrons. The standard InChI is InChI=1S/C21H45N2O6P/c1-5-6-7-8-9-10-11-12-13-14-16-22-21(24)27-18-15-19-28-30(25,26)29-20-17-23(2,3)4/h5-20H2,1-4H3,(H-,22,24,25,26)/p+1. The maximum absolute atomic E-state index is 11.7. The number of ether oxygens (including phenoxy) is 1. The molecule has 0 heterocycles. The average molecular weight is 454 g/mol. The van der Waals surface area contributed by atoms with E-state index < -0.39 is 13.9 Å². The van der Waals surface area contributed by atoms with Gasteiger partial charge < -0.3 is 19.4 Å². The summed E-state index contributed by atoms with van der Waals surface area (Å²) in [6.45, 7) is 3.69. The summed E-state index contributed by atoms with van der Waals surface area (Å²) < 4.78 is 27.1. The highest BCUT2D eigenvalue weighted by molar-refractivity contribution is 7.47. The minimum absolute atomic E-state index is 0.0100. The van der Waals surface area contributed by atoms with Gasteiger partial charge >= 0.3 is 13.9 Å². The molecule has 0 radical (unpaired) electrons.